The SMILES string of the molecule is CCN1CCN(CCCCOC2CC3CCCCN3N2)CC1. The molecule has 3 fully saturated rings. The van der Waals surface area contributed by atoms with Gasteiger partial charge in [0.15, 0.2) is 0 Å². The number of nitrogens with zero attached hydrogens (tertiary/aromatic N) is 3. The zero-order valence-corrected chi connectivity index (χ0v) is 14.3. The van der Waals surface area contributed by atoms with Crippen molar-refractivity contribution in [3.8, 4) is 0 Å². The highest BCUT2D eigenvalue weighted by molar-refractivity contribution is 4.83. The Hall–Kier alpha value is -0.200. The molecule has 3 heterocycles. The van der Waals surface area contributed by atoms with Gasteiger partial charge in [-0.25, -0.2) is 10.4 Å². The van der Waals surface area contributed by atoms with Crippen LogP contribution in [0.15, 0.2) is 0 Å². The van der Waals surface area contributed by atoms with Crippen LogP contribution in [0.1, 0.15) is 45.4 Å². The summed E-state index contributed by atoms with van der Waals surface area (Å²) in [6.07, 6.45) is 7.98. The van der Waals surface area contributed by atoms with Crippen LogP contribution >= 0.6 is 0 Å². The topological polar surface area (TPSA) is 31.0 Å². The minimum absolute atomic E-state index is 0.274. The number of likely N-dealkylation sites (N-methyl/N-ethyl adjacent to an activating group) is 1. The second kappa shape index (κ2) is 8.60. The van der Waals surface area contributed by atoms with Gasteiger partial charge in [-0.3, -0.25) is 0 Å². The molecule has 0 spiro atoms. The summed E-state index contributed by atoms with van der Waals surface area (Å²) < 4.78 is 6.04. The summed E-state index contributed by atoms with van der Waals surface area (Å²) in [6, 6.07) is 0.730. The van der Waals surface area contributed by atoms with E-state index < -0.39 is 0 Å². The number of piperazine rings is 1. The first kappa shape index (κ1) is 16.7. The van der Waals surface area contributed by atoms with Gasteiger partial charge in [0, 0.05) is 51.8 Å². The van der Waals surface area contributed by atoms with E-state index in [1.807, 2.05) is 0 Å². The predicted molar refractivity (Wildman–Crippen MR) is 89.6 cm³/mol. The highest BCUT2D eigenvalue weighted by Gasteiger charge is 2.33. The number of hydrogen-bond donors (Lipinski definition) is 1. The molecular weight excluding hydrogens is 276 g/mol. The van der Waals surface area contributed by atoms with E-state index in [-0.39, 0.29) is 6.23 Å². The molecule has 0 bridgehead atoms. The van der Waals surface area contributed by atoms with Gasteiger partial charge in [0.25, 0.3) is 0 Å². The third-order valence-corrected chi connectivity index (χ3v) is 5.52. The van der Waals surface area contributed by atoms with Crippen molar-refractivity contribution in [2.75, 3.05) is 52.4 Å². The van der Waals surface area contributed by atoms with E-state index in [0.717, 1.165) is 12.6 Å². The zero-order valence-electron chi connectivity index (χ0n) is 14.3. The van der Waals surface area contributed by atoms with Crippen molar-refractivity contribution in [1.29, 1.82) is 0 Å². The maximum atomic E-state index is 6.04. The Morgan fingerprint density at radius 2 is 1.82 bits per heavy atom. The number of hydrogen-bond acceptors (Lipinski definition) is 5. The van der Waals surface area contributed by atoms with Crippen LogP contribution in [0.3, 0.4) is 0 Å². The van der Waals surface area contributed by atoms with Gasteiger partial charge in [0.05, 0.1) is 0 Å². The van der Waals surface area contributed by atoms with Crippen molar-refractivity contribution in [1.82, 2.24) is 20.2 Å². The lowest BCUT2D eigenvalue weighted by atomic mass is 10.0. The van der Waals surface area contributed by atoms with Crippen LogP contribution in [0.2, 0.25) is 0 Å². The fourth-order valence-electron chi connectivity index (χ4n) is 4.00. The maximum Gasteiger partial charge on any atom is 0.122 e. The fraction of sp³-hybridized carbons (Fsp3) is 1.00. The number of ether oxygens (including phenoxy) is 1. The molecule has 3 aliphatic heterocycles. The molecule has 5 heteroatoms. The van der Waals surface area contributed by atoms with E-state index >= 15 is 0 Å². The third-order valence-electron chi connectivity index (χ3n) is 5.52. The first-order valence-corrected chi connectivity index (χ1v) is 9.44. The van der Waals surface area contributed by atoms with Gasteiger partial charge in [-0.1, -0.05) is 13.3 Å². The maximum absolute atomic E-state index is 6.04. The lowest BCUT2D eigenvalue weighted by Crippen LogP contribution is -2.46. The van der Waals surface area contributed by atoms with Gasteiger partial charge in [-0.05, 0) is 38.8 Å². The van der Waals surface area contributed by atoms with E-state index in [0.29, 0.717) is 0 Å². The second-order valence-electron chi connectivity index (χ2n) is 7.05. The summed E-state index contributed by atoms with van der Waals surface area (Å²) in [6.45, 7) is 11.8. The lowest BCUT2D eigenvalue weighted by molar-refractivity contribution is 0.0121. The Morgan fingerprint density at radius 3 is 2.59 bits per heavy atom. The normalized spacial score (nSPS) is 31.5. The standard InChI is InChI=1S/C17H34N4O/c1-2-19-10-12-20(13-11-19)8-5-6-14-22-17-15-16-7-3-4-9-21(16)18-17/h16-18H,2-15H2,1H3. The fourth-order valence-corrected chi connectivity index (χ4v) is 4.00. The largest absolute Gasteiger partial charge is 0.362 e. The number of hydrazine groups is 1. The predicted octanol–water partition coefficient (Wildman–Crippen LogP) is 1.51. The quantitative estimate of drug-likeness (QED) is 0.721. The Labute approximate surface area is 135 Å². The van der Waals surface area contributed by atoms with Crippen LogP contribution in [0, 0.1) is 0 Å². The molecule has 5 nitrogen and oxygen atoms in total. The van der Waals surface area contributed by atoms with Gasteiger partial charge in [0.2, 0.25) is 0 Å². The molecule has 3 aliphatic rings. The molecule has 22 heavy (non-hydrogen) atoms. The molecular formula is C17H34N4O. The Bertz CT molecular complexity index is 306. The van der Waals surface area contributed by atoms with Crippen molar-refractivity contribution in [2.24, 2.45) is 0 Å². The molecule has 0 amide bonds. The first-order valence-electron chi connectivity index (χ1n) is 9.44. The minimum Gasteiger partial charge on any atom is -0.362 e. The molecule has 0 radical (unpaired) electrons. The van der Waals surface area contributed by atoms with Crippen molar-refractivity contribution < 1.29 is 4.74 Å². The van der Waals surface area contributed by atoms with Crippen LogP contribution in [0.4, 0.5) is 0 Å². The van der Waals surface area contributed by atoms with Crippen LogP contribution < -0.4 is 5.43 Å². The van der Waals surface area contributed by atoms with E-state index in [4.69, 9.17) is 4.74 Å². The molecule has 2 atom stereocenters. The summed E-state index contributed by atoms with van der Waals surface area (Å²) in [7, 11) is 0. The number of rotatable bonds is 7. The molecule has 0 aromatic heterocycles. The minimum atomic E-state index is 0.274. The molecule has 128 valence electrons. The van der Waals surface area contributed by atoms with Gasteiger partial charge in [-0.15, -0.1) is 0 Å². The first-order chi connectivity index (χ1) is 10.8. The van der Waals surface area contributed by atoms with E-state index in [2.05, 4.69) is 27.2 Å². The van der Waals surface area contributed by atoms with Crippen LogP contribution in [-0.2, 0) is 4.74 Å². The second-order valence-corrected chi connectivity index (χ2v) is 7.05. The smallest absolute Gasteiger partial charge is 0.122 e. The van der Waals surface area contributed by atoms with Gasteiger partial charge >= 0.3 is 0 Å². The van der Waals surface area contributed by atoms with Crippen molar-refractivity contribution in [2.45, 2.75) is 57.7 Å². The number of unbranched alkanes of at least 4 members (excludes halogenated alkanes) is 1. The van der Waals surface area contributed by atoms with E-state index in [1.54, 1.807) is 0 Å². The molecule has 0 aromatic rings. The van der Waals surface area contributed by atoms with E-state index in [1.165, 1.54) is 84.3 Å². The molecule has 3 rings (SSSR count). The molecule has 0 saturated carbocycles. The molecule has 0 aromatic carbocycles. The average molecular weight is 310 g/mol. The summed E-state index contributed by atoms with van der Waals surface area (Å²) in [4.78, 5) is 5.15. The summed E-state index contributed by atoms with van der Waals surface area (Å²) in [5, 5.41) is 2.42. The van der Waals surface area contributed by atoms with Crippen LogP contribution in [-0.4, -0.2) is 79.5 Å². The van der Waals surface area contributed by atoms with Crippen molar-refractivity contribution in [3.05, 3.63) is 0 Å². The highest BCUT2D eigenvalue weighted by atomic mass is 16.5. The number of fused-ring (bicyclic) bond motifs is 1. The Balaban J connectivity index is 1.21. The molecule has 0 aliphatic carbocycles. The average Bonchev–Trinajstić information content (AvgIpc) is 2.98. The Morgan fingerprint density at radius 1 is 1.00 bits per heavy atom. The zero-order chi connectivity index (χ0) is 15.2. The summed E-state index contributed by atoms with van der Waals surface area (Å²) in [5.41, 5.74) is 3.54. The Kier molecular flexibility index (Phi) is 6.51. The van der Waals surface area contributed by atoms with E-state index in [9.17, 15) is 0 Å². The van der Waals surface area contributed by atoms with Crippen molar-refractivity contribution >= 4 is 0 Å². The summed E-state index contributed by atoms with van der Waals surface area (Å²) in [5.74, 6) is 0. The summed E-state index contributed by atoms with van der Waals surface area (Å²) >= 11 is 0. The number of piperidine rings is 1. The monoisotopic (exact) mass is 310 g/mol. The highest BCUT2D eigenvalue weighted by Crippen LogP contribution is 2.25. The third kappa shape index (κ3) is 4.65. The van der Waals surface area contributed by atoms with Crippen LogP contribution in [0.5, 0.6) is 0 Å². The van der Waals surface area contributed by atoms with Crippen LogP contribution in [0.25, 0.3) is 0 Å². The molecule has 2 unspecified atom stereocenters. The lowest BCUT2D eigenvalue weighted by Gasteiger charge is -2.34. The van der Waals surface area contributed by atoms with Crippen molar-refractivity contribution in [3.63, 3.8) is 0 Å². The number of nitrogens with one attached hydrogen (secondary N) is 1. The van der Waals surface area contributed by atoms with Gasteiger partial charge < -0.3 is 14.5 Å². The molecule has 3 saturated heterocycles. The molecule has 1 N–H and O–H groups in total. The van der Waals surface area contributed by atoms with Gasteiger partial charge in [-0.2, -0.15) is 0 Å². The van der Waals surface area contributed by atoms with Gasteiger partial charge in [0.1, 0.15) is 6.23 Å².